The average Bonchev–Trinajstić information content (AvgIpc) is 3.42. The van der Waals surface area contributed by atoms with Gasteiger partial charge in [-0.3, -0.25) is 4.79 Å². The van der Waals surface area contributed by atoms with E-state index in [1.807, 2.05) is 36.4 Å². The van der Waals surface area contributed by atoms with Gasteiger partial charge in [0.05, 0.1) is 12.1 Å². The molecule has 1 heterocycles. The number of nitrogens with two attached hydrogens (primary N) is 2. The fraction of sp³-hybridized carbons (Fsp3) is 0.323. The number of nitrogens with zero attached hydrogens (tertiary/aromatic N) is 1. The number of aliphatic carboxylic acids is 1. The molecule has 0 saturated heterocycles. The summed E-state index contributed by atoms with van der Waals surface area (Å²) in [7, 11) is 0. The largest absolute Gasteiger partial charge is 0.490 e. The molecule has 13 heteroatoms. The minimum absolute atomic E-state index is 0.117. The van der Waals surface area contributed by atoms with Gasteiger partial charge in [-0.1, -0.05) is 48.5 Å². The molecule has 0 radical (unpaired) electrons. The summed E-state index contributed by atoms with van der Waals surface area (Å²) >= 11 is 0. The molecule has 44 heavy (non-hydrogen) atoms. The van der Waals surface area contributed by atoms with Crippen molar-refractivity contribution in [3.8, 4) is 0 Å². The van der Waals surface area contributed by atoms with Crippen LogP contribution in [0.3, 0.4) is 0 Å². The Morgan fingerprint density at radius 2 is 1.59 bits per heavy atom. The number of carboxylic acids is 1. The number of oxazole rings is 1. The van der Waals surface area contributed by atoms with Gasteiger partial charge in [-0.05, 0) is 79.6 Å². The lowest BCUT2D eigenvalue weighted by molar-refractivity contribution is -0.192. The number of carboxylic acid groups (broad SMARTS) is 1. The highest BCUT2D eigenvalue weighted by atomic mass is 19.4. The predicted molar refractivity (Wildman–Crippen MR) is 155 cm³/mol. The minimum Gasteiger partial charge on any atom is -0.475 e. The van der Waals surface area contributed by atoms with Gasteiger partial charge in [0.15, 0.2) is 11.7 Å². The van der Waals surface area contributed by atoms with E-state index in [2.05, 4.69) is 22.4 Å². The maximum atomic E-state index is 13.3. The number of carbonyl (C=O) groups is 2. The van der Waals surface area contributed by atoms with E-state index in [0.717, 1.165) is 17.5 Å². The van der Waals surface area contributed by atoms with Crippen LogP contribution in [0.25, 0.3) is 11.1 Å². The van der Waals surface area contributed by atoms with Crippen molar-refractivity contribution in [2.24, 2.45) is 11.5 Å². The van der Waals surface area contributed by atoms with Crippen LogP contribution in [-0.4, -0.2) is 51.9 Å². The molecular formula is C31H34F4N4O5. The van der Waals surface area contributed by atoms with Gasteiger partial charge in [-0.15, -0.1) is 0 Å². The van der Waals surface area contributed by atoms with Crippen molar-refractivity contribution >= 4 is 23.0 Å². The van der Waals surface area contributed by atoms with Crippen LogP contribution in [0.4, 0.5) is 17.6 Å². The molecule has 0 aliphatic rings. The number of hydrogen-bond donors (Lipinski definition) is 5. The smallest absolute Gasteiger partial charge is 0.475 e. The Morgan fingerprint density at radius 1 is 0.955 bits per heavy atom. The summed E-state index contributed by atoms with van der Waals surface area (Å²) in [6.45, 7) is 0.437. The summed E-state index contributed by atoms with van der Waals surface area (Å²) < 4.78 is 50.9. The van der Waals surface area contributed by atoms with Gasteiger partial charge in [0.25, 0.3) is 0 Å². The zero-order valence-electron chi connectivity index (χ0n) is 23.6. The van der Waals surface area contributed by atoms with Gasteiger partial charge in [-0.25, -0.2) is 14.2 Å². The summed E-state index contributed by atoms with van der Waals surface area (Å²) in [5.74, 6) is -3.34. The molecule has 1 amide bonds. The number of amides is 1. The van der Waals surface area contributed by atoms with E-state index in [1.165, 1.54) is 17.7 Å². The Morgan fingerprint density at radius 3 is 2.20 bits per heavy atom. The van der Waals surface area contributed by atoms with E-state index in [9.17, 15) is 27.5 Å². The minimum atomic E-state index is -5.08. The van der Waals surface area contributed by atoms with Crippen LogP contribution in [0.5, 0.6) is 0 Å². The maximum absolute atomic E-state index is 13.3. The van der Waals surface area contributed by atoms with Crippen LogP contribution in [-0.2, 0) is 22.4 Å². The summed E-state index contributed by atoms with van der Waals surface area (Å²) in [5, 5.41) is 21.2. The molecular weight excluding hydrogens is 584 g/mol. The highest BCUT2D eigenvalue weighted by Crippen LogP contribution is 2.26. The van der Waals surface area contributed by atoms with Crippen molar-refractivity contribution in [2.45, 2.75) is 56.5 Å². The average molecular weight is 619 g/mol. The Labute approximate surface area is 250 Å². The third-order valence-corrected chi connectivity index (χ3v) is 6.64. The van der Waals surface area contributed by atoms with Crippen LogP contribution in [0.1, 0.15) is 47.9 Å². The highest BCUT2D eigenvalue weighted by Gasteiger charge is 2.38. The second-order valence-corrected chi connectivity index (χ2v) is 10.1. The number of fused-ring (bicyclic) bond motifs is 1. The first-order valence-electron chi connectivity index (χ1n) is 13.8. The first-order valence-corrected chi connectivity index (χ1v) is 13.8. The van der Waals surface area contributed by atoms with Crippen LogP contribution < -0.4 is 16.8 Å². The Kier molecular flexibility index (Phi) is 12.4. The third kappa shape index (κ3) is 10.4. The van der Waals surface area contributed by atoms with Crippen molar-refractivity contribution in [1.82, 2.24) is 10.3 Å². The summed E-state index contributed by atoms with van der Waals surface area (Å²) in [6, 6.07) is 20.5. The number of aliphatic hydroxyl groups is 1. The molecule has 0 fully saturated rings. The summed E-state index contributed by atoms with van der Waals surface area (Å²) in [6.07, 6.45) is -3.60. The number of aliphatic hydroxyl groups excluding tert-OH is 1. The molecule has 236 valence electrons. The lowest BCUT2D eigenvalue weighted by Crippen LogP contribution is -2.48. The van der Waals surface area contributed by atoms with Gasteiger partial charge >= 0.3 is 12.1 Å². The van der Waals surface area contributed by atoms with E-state index in [0.29, 0.717) is 43.3 Å². The number of aromatic nitrogens is 1. The molecule has 0 aliphatic carbocycles. The number of aryl methyl sites for hydroxylation is 1. The number of halogens is 4. The lowest BCUT2D eigenvalue weighted by Gasteiger charge is -2.24. The van der Waals surface area contributed by atoms with Crippen LogP contribution in [0.2, 0.25) is 0 Å². The first-order chi connectivity index (χ1) is 20.9. The maximum Gasteiger partial charge on any atom is 0.490 e. The molecule has 0 bridgehead atoms. The summed E-state index contributed by atoms with van der Waals surface area (Å²) in [5.41, 5.74) is 15.9. The zero-order chi connectivity index (χ0) is 32.3. The van der Waals surface area contributed by atoms with Gasteiger partial charge < -0.3 is 31.4 Å². The number of alkyl halides is 3. The van der Waals surface area contributed by atoms with Gasteiger partial charge in [0, 0.05) is 0 Å². The molecule has 0 spiro atoms. The van der Waals surface area contributed by atoms with Crippen molar-refractivity contribution in [3.05, 3.63) is 101 Å². The third-order valence-electron chi connectivity index (χ3n) is 6.64. The van der Waals surface area contributed by atoms with Crippen molar-refractivity contribution in [3.63, 3.8) is 0 Å². The first kappa shape index (κ1) is 34.2. The van der Waals surface area contributed by atoms with Gasteiger partial charge in [0.1, 0.15) is 11.3 Å². The van der Waals surface area contributed by atoms with Crippen LogP contribution in [0, 0.1) is 5.82 Å². The zero-order valence-corrected chi connectivity index (χ0v) is 23.6. The number of benzene rings is 3. The van der Waals surface area contributed by atoms with E-state index in [-0.39, 0.29) is 17.6 Å². The second-order valence-electron chi connectivity index (χ2n) is 10.1. The Hall–Kier alpha value is -4.33. The van der Waals surface area contributed by atoms with Crippen molar-refractivity contribution in [2.75, 3.05) is 6.54 Å². The standard InChI is InChI=1S/C29H33FN4O3.C2HF3O2/c30-22-12-8-19(9-13-22)10-14-24(33-28(36)23(32)7-4-16-31)27(35)29-34-25-18-21(11-15-26(25)37-29)17-20-5-2-1-3-6-20;3-2(4,5)1(6)7/h1-3,5-6,8-9,11-13,15,18,23-24,27,35H,4,7,10,14,16-17,31-32H2,(H,33,36);(H,6,7)/t23-,24-,27?;/m1./s1. The number of rotatable bonds is 12. The molecule has 0 aliphatic heterocycles. The fourth-order valence-electron chi connectivity index (χ4n) is 4.27. The normalized spacial score (nSPS) is 13.4. The van der Waals surface area contributed by atoms with Gasteiger partial charge in [-0.2, -0.15) is 13.2 Å². The molecule has 1 unspecified atom stereocenters. The Bertz CT molecular complexity index is 1500. The fourth-order valence-corrected chi connectivity index (χ4v) is 4.27. The Balaban J connectivity index is 0.000000676. The lowest BCUT2D eigenvalue weighted by atomic mass is 10.00. The molecule has 3 aromatic carbocycles. The van der Waals surface area contributed by atoms with E-state index >= 15 is 0 Å². The number of carbonyl (C=O) groups excluding carboxylic acids is 1. The number of nitrogens with one attached hydrogen (secondary N) is 1. The highest BCUT2D eigenvalue weighted by molar-refractivity contribution is 5.81. The predicted octanol–water partition coefficient (Wildman–Crippen LogP) is 4.41. The van der Waals surface area contributed by atoms with E-state index in [1.54, 1.807) is 12.1 Å². The molecule has 4 rings (SSSR count). The van der Waals surface area contributed by atoms with Crippen molar-refractivity contribution < 1.29 is 41.8 Å². The molecule has 3 atom stereocenters. The number of hydrogen-bond acceptors (Lipinski definition) is 7. The monoisotopic (exact) mass is 618 g/mol. The topological polar surface area (TPSA) is 165 Å². The molecule has 7 N–H and O–H groups in total. The molecule has 0 saturated carbocycles. The van der Waals surface area contributed by atoms with Crippen LogP contribution in [0.15, 0.2) is 77.2 Å². The van der Waals surface area contributed by atoms with Crippen molar-refractivity contribution in [1.29, 1.82) is 0 Å². The molecule has 4 aromatic rings. The quantitative estimate of drug-likeness (QED) is 0.146. The SMILES string of the molecule is NCCC[C@@H](N)C(=O)N[C@H](CCc1ccc(F)cc1)C(O)c1nc2cc(Cc3ccccc3)ccc2o1.O=C(O)C(F)(F)F. The van der Waals surface area contributed by atoms with E-state index in [4.69, 9.17) is 25.8 Å². The van der Waals surface area contributed by atoms with E-state index < -0.39 is 30.3 Å². The molecule has 9 nitrogen and oxygen atoms in total. The summed E-state index contributed by atoms with van der Waals surface area (Å²) in [4.78, 5) is 26.2. The molecule has 1 aromatic heterocycles. The van der Waals surface area contributed by atoms with Crippen LogP contribution >= 0.6 is 0 Å². The van der Waals surface area contributed by atoms with Gasteiger partial charge in [0.2, 0.25) is 11.8 Å². The second kappa shape index (κ2) is 15.9.